The van der Waals surface area contributed by atoms with Gasteiger partial charge in [-0.3, -0.25) is 4.79 Å². The standard InChI is InChI=1S/C20H22N4O/c1-15-9-12-23(13-10-15)17-7-5-16(6-8-17)21-20(25)19-14-18-4-2-3-11-24(18)22-19/h2-8,11,14-15H,9-10,12-13H2,1H3,(H,21,25). The smallest absolute Gasteiger partial charge is 0.276 e. The Morgan fingerprint density at radius 2 is 1.88 bits per heavy atom. The van der Waals surface area contributed by atoms with Gasteiger partial charge < -0.3 is 10.2 Å². The lowest BCUT2D eigenvalue weighted by atomic mass is 9.99. The zero-order chi connectivity index (χ0) is 17.2. The summed E-state index contributed by atoms with van der Waals surface area (Å²) < 4.78 is 1.70. The average molecular weight is 334 g/mol. The molecule has 4 rings (SSSR count). The van der Waals surface area contributed by atoms with Gasteiger partial charge >= 0.3 is 0 Å². The van der Waals surface area contributed by atoms with E-state index < -0.39 is 0 Å². The second-order valence-corrected chi connectivity index (χ2v) is 6.77. The molecule has 0 aliphatic carbocycles. The number of fused-ring (bicyclic) bond motifs is 1. The molecule has 0 bridgehead atoms. The molecule has 1 amide bonds. The molecular weight excluding hydrogens is 312 g/mol. The topological polar surface area (TPSA) is 49.6 Å². The largest absolute Gasteiger partial charge is 0.372 e. The minimum Gasteiger partial charge on any atom is -0.372 e. The molecule has 0 atom stereocenters. The third-order valence-corrected chi connectivity index (χ3v) is 4.88. The molecule has 1 saturated heterocycles. The van der Waals surface area contributed by atoms with E-state index in [0.29, 0.717) is 5.69 Å². The Bertz CT molecular complexity index is 843. The quantitative estimate of drug-likeness (QED) is 0.792. The minimum absolute atomic E-state index is 0.191. The normalized spacial score (nSPS) is 15.5. The van der Waals surface area contributed by atoms with Crippen LogP contribution >= 0.6 is 0 Å². The fourth-order valence-electron chi connectivity index (χ4n) is 3.27. The first-order valence-electron chi connectivity index (χ1n) is 8.80. The Kier molecular flexibility index (Phi) is 4.14. The lowest BCUT2D eigenvalue weighted by molar-refractivity contribution is 0.102. The van der Waals surface area contributed by atoms with Crippen molar-refractivity contribution in [3.63, 3.8) is 0 Å². The van der Waals surface area contributed by atoms with Crippen LogP contribution in [0.3, 0.4) is 0 Å². The summed E-state index contributed by atoms with van der Waals surface area (Å²) in [6.45, 7) is 4.53. The lowest BCUT2D eigenvalue weighted by Crippen LogP contribution is -2.32. The molecule has 1 aliphatic heterocycles. The highest BCUT2D eigenvalue weighted by atomic mass is 16.1. The summed E-state index contributed by atoms with van der Waals surface area (Å²) in [4.78, 5) is 14.8. The fraction of sp³-hybridized carbons (Fsp3) is 0.300. The van der Waals surface area contributed by atoms with E-state index in [1.807, 2.05) is 36.5 Å². The highest BCUT2D eigenvalue weighted by Gasteiger charge is 2.16. The summed E-state index contributed by atoms with van der Waals surface area (Å²) in [7, 11) is 0. The molecule has 128 valence electrons. The van der Waals surface area contributed by atoms with Crippen LogP contribution in [-0.4, -0.2) is 28.6 Å². The first-order valence-corrected chi connectivity index (χ1v) is 8.80. The molecule has 1 aliphatic rings. The number of hydrogen-bond acceptors (Lipinski definition) is 3. The van der Waals surface area contributed by atoms with Crippen LogP contribution in [0.4, 0.5) is 11.4 Å². The van der Waals surface area contributed by atoms with Gasteiger partial charge in [0.25, 0.3) is 5.91 Å². The van der Waals surface area contributed by atoms with Gasteiger partial charge in [-0.05, 0) is 61.2 Å². The molecule has 0 radical (unpaired) electrons. The number of piperidine rings is 1. The molecule has 3 aromatic rings. The molecular formula is C20H22N4O. The number of nitrogens with one attached hydrogen (secondary N) is 1. The number of carbonyl (C=O) groups excluding carboxylic acids is 1. The van der Waals surface area contributed by atoms with E-state index in [-0.39, 0.29) is 5.91 Å². The van der Waals surface area contributed by atoms with Gasteiger partial charge in [-0.15, -0.1) is 0 Å². The van der Waals surface area contributed by atoms with Gasteiger partial charge in [0.1, 0.15) is 0 Å². The van der Waals surface area contributed by atoms with E-state index in [1.165, 1.54) is 18.5 Å². The Hall–Kier alpha value is -2.82. The Balaban J connectivity index is 1.44. The lowest BCUT2D eigenvalue weighted by Gasteiger charge is -2.32. The summed E-state index contributed by atoms with van der Waals surface area (Å²) in [6.07, 6.45) is 4.32. The van der Waals surface area contributed by atoms with Gasteiger partial charge in [-0.25, -0.2) is 4.52 Å². The van der Waals surface area contributed by atoms with Crippen LogP contribution in [0.1, 0.15) is 30.3 Å². The second kappa shape index (κ2) is 6.59. The maximum absolute atomic E-state index is 12.4. The molecule has 3 heterocycles. The van der Waals surface area contributed by atoms with Crippen molar-refractivity contribution in [1.29, 1.82) is 0 Å². The fourth-order valence-corrected chi connectivity index (χ4v) is 3.27. The Morgan fingerprint density at radius 1 is 1.12 bits per heavy atom. The van der Waals surface area contributed by atoms with Crippen LogP contribution in [0.25, 0.3) is 5.52 Å². The van der Waals surface area contributed by atoms with Crippen LogP contribution in [0.2, 0.25) is 0 Å². The molecule has 25 heavy (non-hydrogen) atoms. The van der Waals surface area contributed by atoms with Crippen molar-refractivity contribution in [2.45, 2.75) is 19.8 Å². The van der Waals surface area contributed by atoms with E-state index in [0.717, 1.165) is 30.2 Å². The van der Waals surface area contributed by atoms with Crippen LogP contribution in [-0.2, 0) is 0 Å². The summed E-state index contributed by atoms with van der Waals surface area (Å²) in [5.41, 5.74) is 3.33. The van der Waals surface area contributed by atoms with Crippen LogP contribution in [0.15, 0.2) is 54.7 Å². The molecule has 5 heteroatoms. The van der Waals surface area contributed by atoms with Crippen LogP contribution in [0.5, 0.6) is 0 Å². The van der Waals surface area contributed by atoms with E-state index in [1.54, 1.807) is 10.6 Å². The van der Waals surface area contributed by atoms with Crippen molar-refractivity contribution in [3.8, 4) is 0 Å². The van der Waals surface area contributed by atoms with Gasteiger partial charge in [0, 0.05) is 30.7 Å². The summed E-state index contributed by atoms with van der Waals surface area (Å²) in [5, 5.41) is 7.23. The predicted molar refractivity (Wildman–Crippen MR) is 100 cm³/mol. The Labute approximate surface area is 147 Å². The number of carbonyl (C=O) groups is 1. The van der Waals surface area contributed by atoms with Crippen molar-refractivity contribution >= 4 is 22.8 Å². The molecule has 1 N–H and O–H groups in total. The monoisotopic (exact) mass is 334 g/mol. The number of pyridine rings is 1. The van der Waals surface area contributed by atoms with Crippen molar-refractivity contribution in [2.24, 2.45) is 5.92 Å². The number of aromatic nitrogens is 2. The highest BCUT2D eigenvalue weighted by Crippen LogP contribution is 2.24. The number of anilines is 2. The van der Waals surface area contributed by atoms with E-state index in [2.05, 4.69) is 34.4 Å². The van der Waals surface area contributed by atoms with E-state index >= 15 is 0 Å². The van der Waals surface area contributed by atoms with Crippen molar-refractivity contribution < 1.29 is 4.79 Å². The van der Waals surface area contributed by atoms with E-state index in [4.69, 9.17) is 0 Å². The molecule has 2 aromatic heterocycles. The van der Waals surface area contributed by atoms with Crippen LogP contribution < -0.4 is 10.2 Å². The SMILES string of the molecule is CC1CCN(c2ccc(NC(=O)c3cc4ccccn4n3)cc2)CC1. The molecule has 0 spiro atoms. The van der Waals surface area contributed by atoms with Crippen molar-refractivity contribution in [1.82, 2.24) is 9.61 Å². The first kappa shape index (κ1) is 15.7. The third kappa shape index (κ3) is 3.36. The number of benzene rings is 1. The van der Waals surface area contributed by atoms with E-state index in [9.17, 15) is 4.79 Å². The number of rotatable bonds is 3. The minimum atomic E-state index is -0.191. The summed E-state index contributed by atoms with van der Waals surface area (Å²) in [6, 6.07) is 15.6. The van der Waals surface area contributed by atoms with Gasteiger partial charge in [0.15, 0.2) is 5.69 Å². The average Bonchev–Trinajstić information content (AvgIpc) is 3.07. The maximum atomic E-state index is 12.4. The molecule has 1 fully saturated rings. The van der Waals surface area contributed by atoms with Crippen molar-refractivity contribution in [2.75, 3.05) is 23.3 Å². The summed E-state index contributed by atoms with van der Waals surface area (Å²) in [5.74, 6) is 0.628. The predicted octanol–water partition coefficient (Wildman–Crippen LogP) is 3.82. The third-order valence-electron chi connectivity index (χ3n) is 4.88. The Morgan fingerprint density at radius 3 is 2.60 bits per heavy atom. The molecule has 0 saturated carbocycles. The van der Waals surface area contributed by atoms with Crippen LogP contribution in [0, 0.1) is 5.92 Å². The first-order chi connectivity index (χ1) is 12.2. The number of hydrogen-bond donors (Lipinski definition) is 1. The highest BCUT2D eigenvalue weighted by molar-refractivity contribution is 6.03. The second-order valence-electron chi connectivity index (χ2n) is 6.77. The van der Waals surface area contributed by atoms with Gasteiger partial charge in [-0.2, -0.15) is 5.10 Å². The van der Waals surface area contributed by atoms with Gasteiger partial charge in [0.2, 0.25) is 0 Å². The summed E-state index contributed by atoms with van der Waals surface area (Å²) >= 11 is 0. The maximum Gasteiger partial charge on any atom is 0.276 e. The number of amides is 1. The molecule has 1 aromatic carbocycles. The molecule has 0 unspecified atom stereocenters. The van der Waals surface area contributed by atoms with Gasteiger partial charge in [0.05, 0.1) is 5.52 Å². The van der Waals surface area contributed by atoms with Gasteiger partial charge in [-0.1, -0.05) is 13.0 Å². The molecule has 5 nitrogen and oxygen atoms in total. The zero-order valence-electron chi connectivity index (χ0n) is 14.4. The van der Waals surface area contributed by atoms with Crippen molar-refractivity contribution in [3.05, 3.63) is 60.4 Å². The zero-order valence-corrected chi connectivity index (χ0v) is 14.4. The number of nitrogens with zero attached hydrogens (tertiary/aromatic N) is 3.